The fourth-order valence-electron chi connectivity index (χ4n) is 4.91. The van der Waals surface area contributed by atoms with Crippen LogP contribution in [0, 0.1) is 0 Å². The van der Waals surface area contributed by atoms with E-state index in [1.165, 1.54) is 21.9 Å². The number of hydrogen-bond donors (Lipinski definition) is 2. The van der Waals surface area contributed by atoms with E-state index in [1.54, 1.807) is 6.21 Å². The first kappa shape index (κ1) is 26.1. The summed E-state index contributed by atoms with van der Waals surface area (Å²) in [4.78, 5) is 15.5. The number of piperidine rings is 1. The summed E-state index contributed by atoms with van der Waals surface area (Å²) in [5, 5.41) is 22.2. The van der Waals surface area contributed by atoms with Crippen molar-refractivity contribution in [3.05, 3.63) is 89.2 Å². The second kappa shape index (κ2) is 12.0. The van der Waals surface area contributed by atoms with E-state index >= 15 is 0 Å². The first-order chi connectivity index (χ1) is 20.2. The van der Waals surface area contributed by atoms with Crippen molar-refractivity contribution in [1.82, 2.24) is 35.6 Å². The van der Waals surface area contributed by atoms with Gasteiger partial charge in [0.2, 0.25) is 11.6 Å². The Morgan fingerprint density at radius 2 is 1.83 bits per heavy atom. The maximum absolute atomic E-state index is 13.3. The normalized spacial score (nSPS) is 14.0. The number of fused-ring (bicyclic) bond motifs is 1. The summed E-state index contributed by atoms with van der Waals surface area (Å²) in [7, 11) is 0. The van der Waals surface area contributed by atoms with Gasteiger partial charge in [-0.2, -0.15) is 9.78 Å². The number of aromatic nitrogens is 5. The molecule has 1 fully saturated rings. The zero-order chi connectivity index (χ0) is 28.0. The first-order valence-electron chi connectivity index (χ1n) is 13.4. The lowest BCUT2D eigenvalue weighted by molar-refractivity contribution is 0.0944. The molecule has 5 aromatic rings. The number of carbonyl (C=O) groups is 1. The highest BCUT2D eigenvalue weighted by Gasteiger charge is 2.26. The van der Waals surface area contributed by atoms with Gasteiger partial charge in [0.05, 0.1) is 6.21 Å². The molecule has 0 spiro atoms. The van der Waals surface area contributed by atoms with E-state index in [9.17, 15) is 4.79 Å². The Morgan fingerprint density at radius 3 is 2.63 bits per heavy atom. The zero-order valence-electron chi connectivity index (χ0n) is 22.3. The minimum Gasteiger partial charge on any atom is -0.489 e. The van der Waals surface area contributed by atoms with Gasteiger partial charge < -0.3 is 10.5 Å². The average molecular weight is 552 g/mol. The Kier molecular flexibility index (Phi) is 7.63. The van der Waals surface area contributed by atoms with E-state index in [-0.39, 0.29) is 17.3 Å². The molecule has 6 rings (SSSR count). The largest absolute Gasteiger partial charge is 0.489 e. The average Bonchev–Trinajstić information content (AvgIpc) is 3.62. The highest BCUT2D eigenvalue weighted by atomic mass is 16.6. The lowest BCUT2D eigenvalue weighted by Gasteiger charge is -2.25. The van der Waals surface area contributed by atoms with E-state index in [1.807, 2.05) is 42.5 Å². The second-order valence-corrected chi connectivity index (χ2v) is 9.80. The van der Waals surface area contributed by atoms with Crippen LogP contribution in [0.2, 0.25) is 0 Å². The molecule has 1 amide bonds. The van der Waals surface area contributed by atoms with Gasteiger partial charge >= 0.3 is 0 Å². The Hall–Kier alpha value is -5.10. The number of nitrogens with one attached hydrogen (secondary N) is 1. The van der Waals surface area contributed by atoms with Gasteiger partial charge in [-0.05, 0) is 82.4 Å². The highest BCUT2D eigenvalue weighted by Crippen LogP contribution is 2.22. The summed E-state index contributed by atoms with van der Waals surface area (Å²) in [5.41, 5.74) is 11.0. The molecule has 3 heterocycles. The smallest absolute Gasteiger partial charge is 0.292 e. The zero-order valence-corrected chi connectivity index (χ0v) is 22.3. The lowest BCUT2D eigenvalue weighted by atomic mass is 10.1. The molecule has 2 aromatic heterocycles. The maximum Gasteiger partial charge on any atom is 0.292 e. The summed E-state index contributed by atoms with van der Waals surface area (Å²) in [6.45, 7) is 2.79. The highest BCUT2D eigenvalue weighted by molar-refractivity contribution is 5.95. The number of ether oxygens (including phenoxy) is 1. The Bertz CT molecular complexity index is 1670. The van der Waals surface area contributed by atoms with Crippen molar-refractivity contribution in [3.63, 3.8) is 0 Å². The molecule has 41 heavy (non-hydrogen) atoms. The van der Waals surface area contributed by atoms with Crippen LogP contribution in [0.3, 0.4) is 0 Å². The van der Waals surface area contributed by atoms with Gasteiger partial charge in [-0.3, -0.25) is 9.69 Å². The summed E-state index contributed by atoms with van der Waals surface area (Å²) < 4.78 is 12.0. The number of carbonyl (C=O) groups excluding carboxylic acids is 1. The van der Waals surface area contributed by atoms with E-state index in [0.717, 1.165) is 42.8 Å². The molecule has 1 aliphatic heterocycles. The fourth-order valence-corrected chi connectivity index (χ4v) is 4.91. The van der Waals surface area contributed by atoms with Crippen LogP contribution in [0.15, 0.2) is 76.5 Å². The number of benzene rings is 3. The Morgan fingerprint density at radius 1 is 1.02 bits per heavy atom. The number of hydrazone groups is 1. The molecule has 3 N–H and O–H groups in total. The molecule has 3 aromatic carbocycles. The van der Waals surface area contributed by atoms with Gasteiger partial charge in [0.15, 0.2) is 5.69 Å². The minimum absolute atomic E-state index is 0.000247. The van der Waals surface area contributed by atoms with Crippen molar-refractivity contribution in [3.8, 4) is 11.6 Å². The lowest BCUT2D eigenvalue weighted by Crippen LogP contribution is -2.31. The number of rotatable bonds is 9. The van der Waals surface area contributed by atoms with Crippen LogP contribution >= 0.6 is 0 Å². The van der Waals surface area contributed by atoms with Crippen LogP contribution in [0.25, 0.3) is 16.6 Å². The van der Waals surface area contributed by atoms with E-state index in [0.29, 0.717) is 18.8 Å². The summed E-state index contributed by atoms with van der Waals surface area (Å²) in [6, 6.07) is 21.9. The monoisotopic (exact) mass is 551 g/mol. The number of nitrogens with two attached hydrogens (primary N) is 1. The predicted molar refractivity (Wildman–Crippen MR) is 153 cm³/mol. The third-order valence-electron chi connectivity index (χ3n) is 7.01. The molecule has 12 nitrogen and oxygen atoms in total. The van der Waals surface area contributed by atoms with Crippen molar-refractivity contribution in [2.24, 2.45) is 5.10 Å². The second-order valence-electron chi connectivity index (χ2n) is 9.80. The third kappa shape index (κ3) is 5.92. The number of nitrogen functional groups attached to an aromatic ring is 1. The predicted octanol–water partition coefficient (Wildman–Crippen LogP) is 3.71. The van der Waals surface area contributed by atoms with E-state index < -0.39 is 5.91 Å². The van der Waals surface area contributed by atoms with Crippen LogP contribution in [-0.2, 0) is 13.2 Å². The number of likely N-dealkylation sites (tertiary alicyclic amines) is 1. The molecule has 208 valence electrons. The minimum atomic E-state index is -0.504. The number of amides is 1. The van der Waals surface area contributed by atoms with Crippen molar-refractivity contribution < 1.29 is 14.2 Å². The summed E-state index contributed by atoms with van der Waals surface area (Å²) in [5.74, 6) is 0.321. The first-order valence-corrected chi connectivity index (χ1v) is 13.4. The van der Waals surface area contributed by atoms with Gasteiger partial charge in [-0.1, -0.05) is 54.1 Å². The molecular formula is C29H29N9O3. The number of hydrogen-bond acceptors (Lipinski definition) is 10. The van der Waals surface area contributed by atoms with Crippen molar-refractivity contribution >= 4 is 28.7 Å². The van der Waals surface area contributed by atoms with Crippen molar-refractivity contribution in [2.45, 2.75) is 32.4 Å². The molecule has 0 bridgehead atoms. The topological polar surface area (TPSA) is 150 Å². The SMILES string of the molecule is Nc1nonc1-n1nnc(CN2CCCCC2)c1C(=O)N/N=C\c1ccc(OCc2cccc3ccccc23)cc1. The molecule has 0 saturated carbocycles. The van der Waals surface area contributed by atoms with Crippen LogP contribution in [0.5, 0.6) is 5.75 Å². The third-order valence-corrected chi connectivity index (χ3v) is 7.01. The number of anilines is 1. The molecular weight excluding hydrogens is 522 g/mol. The van der Waals surface area contributed by atoms with Gasteiger partial charge in [-0.15, -0.1) is 5.10 Å². The summed E-state index contributed by atoms with van der Waals surface area (Å²) in [6.07, 6.45) is 4.96. The quantitative estimate of drug-likeness (QED) is 0.206. The maximum atomic E-state index is 13.3. The standard InChI is InChI=1S/C29H29N9O3/c30-27-28(35-41-34-27)38-26(25(32-36-38)18-37-15-4-1-5-16-37)29(39)33-31-17-20-11-13-23(14-12-20)40-19-22-9-6-8-21-7-2-3-10-24(21)22/h2-3,6-14,17H,1,4-5,15-16,18-19H2,(H2,30,34)(H,33,39)/b31-17-. The van der Waals surface area contributed by atoms with Crippen molar-refractivity contribution in [1.29, 1.82) is 0 Å². The van der Waals surface area contributed by atoms with E-state index in [2.05, 4.69) is 60.3 Å². The molecule has 0 unspecified atom stereocenters. The van der Waals surface area contributed by atoms with Gasteiger partial charge in [0.25, 0.3) is 5.91 Å². The molecule has 0 aliphatic carbocycles. The Labute approximate surface area is 235 Å². The molecule has 0 atom stereocenters. The summed E-state index contributed by atoms with van der Waals surface area (Å²) >= 11 is 0. The van der Waals surface area contributed by atoms with Gasteiger partial charge in [-0.25, -0.2) is 10.1 Å². The van der Waals surface area contributed by atoms with Gasteiger partial charge in [0, 0.05) is 6.54 Å². The van der Waals surface area contributed by atoms with Crippen molar-refractivity contribution in [2.75, 3.05) is 18.8 Å². The fraction of sp³-hybridized carbons (Fsp3) is 0.241. The van der Waals surface area contributed by atoms with E-state index in [4.69, 9.17) is 15.1 Å². The Balaban J connectivity index is 1.12. The molecule has 1 aliphatic rings. The van der Waals surface area contributed by atoms with Gasteiger partial charge in [0.1, 0.15) is 18.1 Å². The van der Waals surface area contributed by atoms with Crippen LogP contribution < -0.4 is 15.9 Å². The number of nitrogens with zero attached hydrogens (tertiary/aromatic N) is 7. The molecule has 12 heteroatoms. The molecule has 0 radical (unpaired) electrons. The van der Waals surface area contributed by atoms with Crippen LogP contribution in [0.1, 0.15) is 46.6 Å². The van der Waals surface area contributed by atoms with Crippen LogP contribution in [-0.4, -0.2) is 55.4 Å². The molecule has 1 saturated heterocycles. The van der Waals surface area contributed by atoms with Crippen LogP contribution in [0.4, 0.5) is 5.82 Å².